The fraction of sp³-hybridized carbons (Fsp3) is 0.294. The molecule has 0 fully saturated rings. The van der Waals surface area contributed by atoms with Crippen molar-refractivity contribution in [1.82, 2.24) is 0 Å². The van der Waals surface area contributed by atoms with Gasteiger partial charge in [-0.15, -0.1) is 0 Å². The third kappa shape index (κ3) is 2.07. The summed E-state index contributed by atoms with van der Waals surface area (Å²) >= 11 is 0. The molecule has 2 heteroatoms. The number of aromatic hydroxyl groups is 1. The average Bonchev–Trinajstić information content (AvgIpc) is 2.74. The molecule has 0 aliphatic carbocycles. The fourth-order valence-corrected chi connectivity index (χ4v) is 3.12. The molecule has 2 atom stereocenters. The molecule has 2 aromatic rings. The molecule has 0 aromatic heterocycles. The number of hydrogen-bond acceptors (Lipinski definition) is 2. The lowest BCUT2D eigenvalue weighted by Gasteiger charge is -2.32. The van der Waals surface area contributed by atoms with E-state index in [1.54, 1.807) is 6.07 Å². The number of nitrogens with zero attached hydrogens (tertiary/aromatic N) is 1. The third-order valence-corrected chi connectivity index (χ3v) is 4.03. The minimum Gasteiger partial charge on any atom is -0.508 e. The van der Waals surface area contributed by atoms with Crippen molar-refractivity contribution in [2.45, 2.75) is 32.4 Å². The smallest absolute Gasteiger partial charge is 0.115 e. The molecular formula is C17H19NO. The van der Waals surface area contributed by atoms with Crippen LogP contribution < -0.4 is 4.90 Å². The lowest BCUT2D eigenvalue weighted by atomic mass is 10.1. The van der Waals surface area contributed by atoms with Crippen LogP contribution in [0.4, 0.5) is 5.69 Å². The number of para-hydroxylation sites is 1. The van der Waals surface area contributed by atoms with Gasteiger partial charge in [0.05, 0.1) is 6.04 Å². The first-order chi connectivity index (χ1) is 9.16. The summed E-state index contributed by atoms with van der Waals surface area (Å²) in [5.41, 5.74) is 3.90. The lowest BCUT2D eigenvalue weighted by Crippen LogP contribution is -2.32. The molecule has 98 valence electrons. The Kier molecular flexibility index (Phi) is 2.94. The maximum Gasteiger partial charge on any atom is 0.115 e. The van der Waals surface area contributed by atoms with Crippen molar-refractivity contribution in [1.29, 1.82) is 0 Å². The van der Waals surface area contributed by atoms with E-state index < -0.39 is 0 Å². The Morgan fingerprint density at radius 3 is 2.74 bits per heavy atom. The second-order valence-corrected chi connectivity index (χ2v) is 5.36. The quantitative estimate of drug-likeness (QED) is 0.877. The zero-order chi connectivity index (χ0) is 13.4. The minimum atomic E-state index is 0.269. The molecule has 1 heterocycles. The van der Waals surface area contributed by atoms with Crippen LogP contribution in [0.3, 0.4) is 0 Å². The highest BCUT2D eigenvalue weighted by molar-refractivity contribution is 5.60. The van der Waals surface area contributed by atoms with E-state index in [4.69, 9.17) is 0 Å². The Morgan fingerprint density at radius 2 is 1.95 bits per heavy atom. The summed E-state index contributed by atoms with van der Waals surface area (Å²) in [5, 5.41) is 9.65. The zero-order valence-electron chi connectivity index (χ0n) is 11.4. The van der Waals surface area contributed by atoms with Gasteiger partial charge in [-0.1, -0.05) is 30.3 Å². The number of rotatable bonds is 2. The van der Waals surface area contributed by atoms with Crippen LogP contribution in [0, 0.1) is 0 Å². The van der Waals surface area contributed by atoms with Crippen molar-refractivity contribution in [3.8, 4) is 5.75 Å². The highest BCUT2D eigenvalue weighted by atomic mass is 16.3. The molecule has 3 rings (SSSR count). The van der Waals surface area contributed by atoms with Crippen molar-refractivity contribution in [3.63, 3.8) is 0 Å². The molecule has 19 heavy (non-hydrogen) atoms. The van der Waals surface area contributed by atoms with Crippen molar-refractivity contribution in [3.05, 3.63) is 59.7 Å². The molecule has 0 saturated carbocycles. The average molecular weight is 253 g/mol. The van der Waals surface area contributed by atoms with Crippen molar-refractivity contribution in [2.75, 3.05) is 4.90 Å². The topological polar surface area (TPSA) is 23.5 Å². The number of hydrogen-bond donors (Lipinski definition) is 1. The molecule has 1 aliphatic rings. The molecule has 2 aromatic carbocycles. The van der Waals surface area contributed by atoms with Crippen LogP contribution in [0.15, 0.2) is 48.5 Å². The Labute approximate surface area is 114 Å². The highest BCUT2D eigenvalue weighted by Crippen LogP contribution is 2.38. The van der Waals surface area contributed by atoms with E-state index in [0.717, 1.165) is 12.0 Å². The van der Waals surface area contributed by atoms with Crippen molar-refractivity contribution in [2.24, 2.45) is 0 Å². The number of anilines is 1. The van der Waals surface area contributed by atoms with Gasteiger partial charge in [0, 0.05) is 11.7 Å². The fourth-order valence-electron chi connectivity index (χ4n) is 3.12. The van der Waals surface area contributed by atoms with Gasteiger partial charge in [-0.25, -0.2) is 0 Å². The minimum absolute atomic E-state index is 0.269. The Bertz CT molecular complexity index is 593. The summed E-state index contributed by atoms with van der Waals surface area (Å²) in [6.07, 6.45) is 1.10. The van der Waals surface area contributed by atoms with E-state index in [2.05, 4.69) is 49.1 Å². The molecule has 1 N–H and O–H groups in total. The third-order valence-electron chi connectivity index (χ3n) is 4.03. The van der Waals surface area contributed by atoms with Crippen LogP contribution >= 0.6 is 0 Å². The zero-order valence-corrected chi connectivity index (χ0v) is 11.4. The normalized spacial score (nSPS) is 19.3. The van der Waals surface area contributed by atoms with E-state index in [1.807, 2.05) is 12.1 Å². The van der Waals surface area contributed by atoms with E-state index >= 15 is 0 Å². The van der Waals surface area contributed by atoms with Crippen LogP contribution in [0.1, 0.15) is 31.0 Å². The van der Waals surface area contributed by atoms with Crippen LogP contribution in [0.2, 0.25) is 0 Å². The molecule has 2 nitrogen and oxygen atoms in total. The molecule has 0 radical (unpaired) electrons. The van der Waals surface area contributed by atoms with Crippen LogP contribution in [-0.4, -0.2) is 11.1 Å². The first kappa shape index (κ1) is 12.1. The highest BCUT2D eigenvalue weighted by Gasteiger charge is 2.29. The van der Waals surface area contributed by atoms with Gasteiger partial charge < -0.3 is 10.0 Å². The van der Waals surface area contributed by atoms with Gasteiger partial charge in [0.25, 0.3) is 0 Å². The monoisotopic (exact) mass is 253 g/mol. The number of fused-ring (bicyclic) bond motifs is 1. The van der Waals surface area contributed by atoms with Crippen molar-refractivity contribution < 1.29 is 5.11 Å². The number of phenols is 1. The molecule has 0 bridgehead atoms. The molecular weight excluding hydrogens is 234 g/mol. The Morgan fingerprint density at radius 1 is 1.16 bits per heavy atom. The molecule has 0 spiro atoms. The van der Waals surface area contributed by atoms with Gasteiger partial charge in [-0.2, -0.15) is 0 Å². The number of phenolic OH excluding ortho intramolecular Hbond substituents is 1. The summed E-state index contributed by atoms with van der Waals surface area (Å²) in [7, 11) is 0. The van der Waals surface area contributed by atoms with Crippen molar-refractivity contribution >= 4 is 5.69 Å². The van der Waals surface area contributed by atoms with E-state index in [1.165, 1.54) is 11.3 Å². The first-order valence-electron chi connectivity index (χ1n) is 6.82. The first-order valence-corrected chi connectivity index (χ1v) is 6.82. The molecule has 0 amide bonds. The van der Waals surface area contributed by atoms with Crippen LogP contribution in [0.5, 0.6) is 5.75 Å². The summed E-state index contributed by atoms with van der Waals surface area (Å²) in [4.78, 5) is 2.45. The van der Waals surface area contributed by atoms with Gasteiger partial charge in [0.15, 0.2) is 0 Å². The van der Waals surface area contributed by atoms with Gasteiger partial charge in [0.1, 0.15) is 5.75 Å². The SMILES string of the molecule is CC1Cc2ccccc2N1C(C)c1cccc(O)c1. The lowest BCUT2D eigenvalue weighted by molar-refractivity contribution is 0.473. The van der Waals surface area contributed by atoms with E-state index in [9.17, 15) is 5.11 Å². The van der Waals surface area contributed by atoms with Gasteiger partial charge in [-0.05, 0) is 49.6 Å². The Hall–Kier alpha value is -1.96. The predicted octanol–water partition coefficient (Wildman–Crippen LogP) is 3.90. The van der Waals surface area contributed by atoms with E-state index in [0.29, 0.717) is 11.8 Å². The summed E-state index contributed by atoms with van der Waals surface area (Å²) in [6, 6.07) is 16.9. The second kappa shape index (κ2) is 4.61. The second-order valence-electron chi connectivity index (χ2n) is 5.36. The molecule has 2 unspecified atom stereocenters. The predicted molar refractivity (Wildman–Crippen MR) is 78.6 cm³/mol. The number of benzene rings is 2. The standard InChI is InChI=1S/C17H19NO/c1-12-10-15-6-3-4-9-17(15)18(12)13(2)14-7-5-8-16(19)11-14/h3-9,11-13,19H,10H2,1-2H3. The Balaban J connectivity index is 1.98. The molecule has 1 aliphatic heterocycles. The van der Waals surface area contributed by atoms with Gasteiger partial charge >= 0.3 is 0 Å². The summed E-state index contributed by atoms with van der Waals surface area (Å²) < 4.78 is 0. The maximum atomic E-state index is 9.65. The van der Waals surface area contributed by atoms with Crippen LogP contribution in [0.25, 0.3) is 0 Å². The summed E-state index contributed by atoms with van der Waals surface area (Å²) in [5.74, 6) is 0.337. The van der Waals surface area contributed by atoms with Gasteiger partial charge in [-0.3, -0.25) is 0 Å². The van der Waals surface area contributed by atoms with Gasteiger partial charge in [0.2, 0.25) is 0 Å². The van der Waals surface area contributed by atoms with E-state index in [-0.39, 0.29) is 6.04 Å². The maximum absolute atomic E-state index is 9.65. The molecule has 0 saturated heterocycles. The largest absolute Gasteiger partial charge is 0.508 e. The van der Waals surface area contributed by atoms with Crippen LogP contribution in [-0.2, 0) is 6.42 Å². The summed E-state index contributed by atoms with van der Waals surface area (Å²) in [6.45, 7) is 4.46.